The van der Waals surface area contributed by atoms with Crippen LogP contribution in [0.2, 0.25) is 0 Å². The maximum Gasteiger partial charge on any atom is 0.220 e. The Kier molecular flexibility index (Phi) is 4.54. The Bertz CT molecular complexity index is 344. The number of hydrogen-bond donors (Lipinski definition) is 1. The highest BCUT2D eigenvalue weighted by Gasteiger charge is 2.17. The Morgan fingerprint density at radius 1 is 1.35 bits per heavy atom. The quantitative estimate of drug-likeness (QED) is 0.846. The fourth-order valence-corrected chi connectivity index (χ4v) is 2.42. The monoisotopic (exact) mass is 232 g/mol. The van der Waals surface area contributed by atoms with Crippen molar-refractivity contribution in [2.45, 2.75) is 38.5 Å². The van der Waals surface area contributed by atoms with E-state index < -0.39 is 0 Å². The topological polar surface area (TPSA) is 42.0 Å². The molecule has 1 aromatic heterocycles. The first-order chi connectivity index (χ1) is 8.34. The Labute approximate surface area is 103 Å². The average molecular weight is 232 g/mol. The Morgan fingerprint density at radius 3 is 2.88 bits per heavy atom. The molecule has 2 rings (SSSR count). The van der Waals surface area contributed by atoms with Gasteiger partial charge in [-0.15, -0.1) is 0 Å². The molecule has 1 aliphatic rings. The standard InChI is InChI=1S/C14H20N2O/c17-14(11-12-5-1-2-6-12)16-10-8-13-7-3-4-9-15-13/h3-4,7,9,12H,1-2,5-6,8,10-11H2,(H,16,17). The molecule has 1 aromatic rings. The summed E-state index contributed by atoms with van der Waals surface area (Å²) in [6.45, 7) is 0.697. The molecule has 1 fully saturated rings. The van der Waals surface area contributed by atoms with Crippen molar-refractivity contribution in [3.05, 3.63) is 30.1 Å². The molecule has 0 spiro atoms. The summed E-state index contributed by atoms with van der Waals surface area (Å²) < 4.78 is 0. The second kappa shape index (κ2) is 6.38. The molecule has 1 heterocycles. The van der Waals surface area contributed by atoms with E-state index in [1.54, 1.807) is 6.20 Å². The molecule has 3 heteroatoms. The first kappa shape index (κ1) is 12.1. The lowest BCUT2D eigenvalue weighted by molar-refractivity contribution is -0.121. The summed E-state index contributed by atoms with van der Waals surface area (Å²) in [6, 6.07) is 5.87. The molecule has 0 bridgehead atoms. The van der Waals surface area contributed by atoms with E-state index in [0.29, 0.717) is 18.9 Å². The number of nitrogens with one attached hydrogen (secondary N) is 1. The summed E-state index contributed by atoms with van der Waals surface area (Å²) in [6.07, 6.45) is 8.37. The van der Waals surface area contributed by atoms with Gasteiger partial charge in [0.1, 0.15) is 0 Å². The first-order valence-corrected chi connectivity index (χ1v) is 6.51. The molecular weight excluding hydrogens is 212 g/mol. The van der Waals surface area contributed by atoms with E-state index in [9.17, 15) is 4.79 Å². The number of amides is 1. The van der Waals surface area contributed by atoms with Gasteiger partial charge in [0, 0.05) is 31.3 Å². The first-order valence-electron chi connectivity index (χ1n) is 6.51. The fraction of sp³-hybridized carbons (Fsp3) is 0.571. The molecule has 0 aromatic carbocycles. The van der Waals surface area contributed by atoms with Crippen molar-refractivity contribution in [1.82, 2.24) is 10.3 Å². The third kappa shape index (κ3) is 4.17. The number of carbonyl (C=O) groups excluding carboxylic acids is 1. The number of hydrogen-bond acceptors (Lipinski definition) is 2. The van der Waals surface area contributed by atoms with E-state index in [4.69, 9.17) is 0 Å². The maximum absolute atomic E-state index is 11.7. The largest absolute Gasteiger partial charge is 0.356 e. The molecule has 3 nitrogen and oxygen atoms in total. The zero-order valence-corrected chi connectivity index (χ0v) is 10.2. The molecule has 0 saturated heterocycles. The third-order valence-corrected chi connectivity index (χ3v) is 3.38. The van der Waals surface area contributed by atoms with Gasteiger partial charge < -0.3 is 5.32 Å². The number of nitrogens with zero attached hydrogens (tertiary/aromatic N) is 1. The van der Waals surface area contributed by atoms with Gasteiger partial charge in [0.25, 0.3) is 0 Å². The normalized spacial score (nSPS) is 16.0. The van der Waals surface area contributed by atoms with Gasteiger partial charge in [0.05, 0.1) is 0 Å². The average Bonchev–Trinajstić information content (AvgIpc) is 2.83. The van der Waals surface area contributed by atoms with Crippen molar-refractivity contribution in [3.63, 3.8) is 0 Å². The van der Waals surface area contributed by atoms with Gasteiger partial charge in [0.2, 0.25) is 5.91 Å². The molecule has 1 aliphatic carbocycles. The van der Waals surface area contributed by atoms with Crippen LogP contribution in [0, 0.1) is 5.92 Å². The summed E-state index contributed by atoms with van der Waals surface area (Å²) >= 11 is 0. The summed E-state index contributed by atoms with van der Waals surface area (Å²) in [5.41, 5.74) is 1.04. The molecule has 0 radical (unpaired) electrons. The minimum absolute atomic E-state index is 0.202. The van der Waals surface area contributed by atoms with Crippen LogP contribution in [0.1, 0.15) is 37.8 Å². The minimum Gasteiger partial charge on any atom is -0.356 e. The van der Waals surface area contributed by atoms with Crippen LogP contribution < -0.4 is 5.32 Å². The van der Waals surface area contributed by atoms with Gasteiger partial charge in [-0.25, -0.2) is 0 Å². The Balaban J connectivity index is 1.63. The number of pyridine rings is 1. The Morgan fingerprint density at radius 2 is 2.18 bits per heavy atom. The molecule has 0 atom stereocenters. The van der Waals surface area contributed by atoms with Gasteiger partial charge >= 0.3 is 0 Å². The van der Waals surface area contributed by atoms with E-state index in [2.05, 4.69) is 10.3 Å². The van der Waals surface area contributed by atoms with Gasteiger partial charge in [-0.2, -0.15) is 0 Å². The lowest BCUT2D eigenvalue weighted by Crippen LogP contribution is -2.27. The van der Waals surface area contributed by atoms with Gasteiger partial charge in [-0.05, 0) is 30.9 Å². The fourth-order valence-electron chi connectivity index (χ4n) is 2.42. The Hall–Kier alpha value is -1.38. The molecule has 0 unspecified atom stereocenters. The van der Waals surface area contributed by atoms with Crippen LogP contribution in [-0.2, 0) is 11.2 Å². The van der Waals surface area contributed by atoms with Crippen LogP contribution in [0.5, 0.6) is 0 Å². The van der Waals surface area contributed by atoms with Crippen LogP contribution >= 0.6 is 0 Å². The van der Waals surface area contributed by atoms with Crippen LogP contribution in [0.25, 0.3) is 0 Å². The predicted molar refractivity (Wildman–Crippen MR) is 67.5 cm³/mol. The summed E-state index contributed by atoms with van der Waals surface area (Å²) in [5, 5.41) is 2.98. The highest BCUT2D eigenvalue weighted by Crippen LogP contribution is 2.27. The highest BCUT2D eigenvalue weighted by atomic mass is 16.1. The van der Waals surface area contributed by atoms with Gasteiger partial charge in [-0.1, -0.05) is 18.9 Å². The maximum atomic E-state index is 11.7. The SMILES string of the molecule is O=C(CC1CCCC1)NCCc1ccccn1. The lowest BCUT2D eigenvalue weighted by atomic mass is 10.0. The van der Waals surface area contributed by atoms with Crippen molar-refractivity contribution in [2.75, 3.05) is 6.54 Å². The smallest absolute Gasteiger partial charge is 0.220 e. The van der Waals surface area contributed by atoms with Crippen molar-refractivity contribution in [2.24, 2.45) is 5.92 Å². The van der Waals surface area contributed by atoms with E-state index in [0.717, 1.165) is 12.1 Å². The third-order valence-electron chi connectivity index (χ3n) is 3.38. The predicted octanol–water partition coefficient (Wildman–Crippen LogP) is 2.32. The molecular formula is C14H20N2O. The molecule has 1 amide bonds. The lowest BCUT2D eigenvalue weighted by Gasteiger charge is -2.09. The molecule has 92 valence electrons. The molecule has 1 saturated carbocycles. The van der Waals surface area contributed by atoms with Crippen molar-refractivity contribution in [1.29, 1.82) is 0 Å². The number of carbonyl (C=O) groups is 1. The molecule has 1 N–H and O–H groups in total. The number of rotatable bonds is 5. The van der Waals surface area contributed by atoms with Gasteiger partial charge in [0.15, 0.2) is 0 Å². The molecule has 0 aliphatic heterocycles. The molecule has 17 heavy (non-hydrogen) atoms. The second-order valence-corrected chi connectivity index (χ2v) is 4.78. The van der Waals surface area contributed by atoms with E-state index in [1.165, 1.54) is 25.7 Å². The van der Waals surface area contributed by atoms with Crippen LogP contribution in [0.3, 0.4) is 0 Å². The van der Waals surface area contributed by atoms with E-state index in [-0.39, 0.29) is 5.91 Å². The summed E-state index contributed by atoms with van der Waals surface area (Å²) in [5.74, 6) is 0.831. The van der Waals surface area contributed by atoms with Crippen LogP contribution in [0.15, 0.2) is 24.4 Å². The van der Waals surface area contributed by atoms with E-state index in [1.807, 2.05) is 18.2 Å². The van der Waals surface area contributed by atoms with Gasteiger partial charge in [-0.3, -0.25) is 9.78 Å². The van der Waals surface area contributed by atoms with Crippen molar-refractivity contribution < 1.29 is 4.79 Å². The van der Waals surface area contributed by atoms with Crippen molar-refractivity contribution in [3.8, 4) is 0 Å². The van der Waals surface area contributed by atoms with Crippen LogP contribution in [0.4, 0.5) is 0 Å². The minimum atomic E-state index is 0.202. The van der Waals surface area contributed by atoms with Crippen LogP contribution in [-0.4, -0.2) is 17.4 Å². The highest BCUT2D eigenvalue weighted by molar-refractivity contribution is 5.76. The zero-order chi connectivity index (χ0) is 11.9. The van der Waals surface area contributed by atoms with Crippen molar-refractivity contribution >= 4 is 5.91 Å². The van der Waals surface area contributed by atoms with E-state index >= 15 is 0 Å². The number of aromatic nitrogens is 1. The zero-order valence-electron chi connectivity index (χ0n) is 10.2. The second-order valence-electron chi connectivity index (χ2n) is 4.78. The summed E-state index contributed by atoms with van der Waals surface area (Å²) in [4.78, 5) is 15.9. The summed E-state index contributed by atoms with van der Waals surface area (Å²) in [7, 11) is 0.